The van der Waals surface area contributed by atoms with E-state index in [1.165, 1.54) is 12.1 Å². The number of para-hydroxylation sites is 2. The molecule has 11 aromatic rings. The lowest BCUT2D eigenvalue weighted by atomic mass is 10.0. The second kappa shape index (κ2) is 13.0. The molecule has 0 saturated carbocycles. The zero-order valence-corrected chi connectivity index (χ0v) is 29.8. The quantitative estimate of drug-likeness (QED) is 0.172. The maximum atomic E-state index is 10.2. The lowest BCUT2D eigenvalue weighted by molar-refractivity contribution is 0.954. The summed E-state index contributed by atoms with van der Waals surface area (Å²) in [7, 11) is 0. The third-order valence-corrected chi connectivity index (χ3v) is 10.2. The Morgan fingerprint density at radius 2 is 0.839 bits per heavy atom. The van der Waals surface area contributed by atoms with Gasteiger partial charge in [0.1, 0.15) is 0 Å². The number of fused-ring (bicyclic) bond motifs is 6. The average Bonchev–Trinajstić information content (AvgIpc) is 3.84. The molecule has 0 bridgehead atoms. The van der Waals surface area contributed by atoms with Gasteiger partial charge in [0.25, 0.3) is 0 Å². The van der Waals surface area contributed by atoms with Crippen molar-refractivity contribution in [3.05, 3.63) is 200 Å². The van der Waals surface area contributed by atoms with E-state index in [0.717, 1.165) is 33.4 Å². The maximum Gasteiger partial charge on any atom is 0.238 e. The Morgan fingerprint density at radius 3 is 1.46 bits per heavy atom. The number of benzene rings is 8. The molecule has 5 heteroatoms. The standard InChI is InChI=1S/C51H33N5/c1-4-16-34(17-5-1)37-22-14-24-39(30-37)50-52-49(36-20-8-3-9-21-36)53-51(54-50)56-46-29-13-11-27-42(46)44-32-47-43(33-48(44)56)41-26-10-12-28-45(41)55(47)40-25-15-23-38(31-40)35-18-6-2-7-19-35/h1-33H/i10D,11D,28D,29D,32D,33D. The molecule has 0 unspecified atom stereocenters. The van der Waals surface area contributed by atoms with E-state index in [2.05, 4.69) is 0 Å². The molecule has 0 spiro atoms. The highest BCUT2D eigenvalue weighted by atomic mass is 15.2. The zero-order valence-electron chi connectivity index (χ0n) is 35.8. The molecule has 0 N–H and O–H groups in total. The van der Waals surface area contributed by atoms with Gasteiger partial charge in [-0.1, -0.05) is 158 Å². The summed E-state index contributed by atoms with van der Waals surface area (Å²) in [6.45, 7) is 0. The molecule has 0 fully saturated rings. The molecule has 262 valence electrons. The van der Waals surface area contributed by atoms with Crippen molar-refractivity contribution in [2.75, 3.05) is 0 Å². The second-order valence-electron chi connectivity index (χ2n) is 13.6. The van der Waals surface area contributed by atoms with Gasteiger partial charge < -0.3 is 4.57 Å². The van der Waals surface area contributed by atoms with Crippen molar-refractivity contribution in [1.82, 2.24) is 24.1 Å². The average molecular weight is 722 g/mol. The van der Waals surface area contributed by atoms with Gasteiger partial charge in [0.15, 0.2) is 11.6 Å². The van der Waals surface area contributed by atoms with Crippen LogP contribution in [0.5, 0.6) is 0 Å². The van der Waals surface area contributed by atoms with Crippen molar-refractivity contribution >= 4 is 43.6 Å². The van der Waals surface area contributed by atoms with Crippen LogP contribution in [0.3, 0.4) is 0 Å². The Bertz CT molecular complexity index is 3590. The minimum Gasteiger partial charge on any atom is -0.309 e. The van der Waals surface area contributed by atoms with Crippen molar-refractivity contribution < 1.29 is 8.22 Å². The number of hydrogen-bond donors (Lipinski definition) is 0. The highest BCUT2D eigenvalue weighted by Gasteiger charge is 2.21. The topological polar surface area (TPSA) is 48.5 Å². The molecule has 0 atom stereocenters. The molecule has 0 radical (unpaired) electrons. The summed E-state index contributed by atoms with van der Waals surface area (Å²) in [5.74, 6) is 0.886. The van der Waals surface area contributed by atoms with Gasteiger partial charge >= 0.3 is 0 Å². The number of aromatic nitrogens is 5. The van der Waals surface area contributed by atoms with Crippen LogP contribution in [0.2, 0.25) is 0 Å². The van der Waals surface area contributed by atoms with E-state index < -0.39 is 0 Å². The second-order valence-corrected chi connectivity index (χ2v) is 13.6. The first-order valence-corrected chi connectivity index (χ1v) is 18.4. The molecule has 0 aliphatic carbocycles. The lowest BCUT2D eigenvalue weighted by Gasteiger charge is -2.12. The van der Waals surface area contributed by atoms with Crippen LogP contribution in [0.1, 0.15) is 8.22 Å². The Balaban J connectivity index is 1.27. The Kier molecular flexibility index (Phi) is 6.10. The first-order chi connectivity index (χ1) is 30.2. The number of hydrogen-bond acceptors (Lipinski definition) is 3. The molecule has 0 aliphatic heterocycles. The Labute approximate surface area is 331 Å². The van der Waals surface area contributed by atoms with E-state index in [1.54, 1.807) is 16.7 Å². The van der Waals surface area contributed by atoms with Gasteiger partial charge in [-0.25, -0.2) is 4.98 Å². The SMILES string of the molecule is [2H]c1cc([2H])c2c(c1)c1c([2H])c3c(c([2H])c1n2-c1cccc(-c2ccccc2)c1)c1cc([2H])cc([2H])c1n3-c1nc(-c2ccccc2)nc(-c2cccc(-c3ccccc3)c2)n1. The van der Waals surface area contributed by atoms with Gasteiger partial charge in [-0.2, -0.15) is 9.97 Å². The maximum absolute atomic E-state index is 10.2. The predicted octanol–water partition coefficient (Wildman–Crippen LogP) is 12.7. The summed E-state index contributed by atoms with van der Waals surface area (Å²) < 4.78 is 59.9. The van der Waals surface area contributed by atoms with Gasteiger partial charge in [0.05, 0.1) is 30.3 Å². The molecule has 0 aliphatic rings. The summed E-state index contributed by atoms with van der Waals surface area (Å²) in [4.78, 5) is 15.1. The van der Waals surface area contributed by atoms with E-state index in [4.69, 9.17) is 17.7 Å². The molecule has 3 heterocycles. The summed E-state index contributed by atoms with van der Waals surface area (Å²) in [6.07, 6.45) is 0. The molecule has 3 aromatic heterocycles. The smallest absolute Gasteiger partial charge is 0.238 e. The summed E-state index contributed by atoms with van der Waals surface area (Å²) in [5, 5.41) is 1.62. The van der Waals surface area contributed by atoms with E-state index in [1.807, 2.05) is 144 Å². The molecule has 5 nitrogen and oxygen atoms in total. The number of nitrogens with zero attached hydrogens (tertiary/aromatic N) is 5. The monoisotopic (exact) mass is 721 g/mol. The molecular weight excluding hydrogens is 683 g/mol. The van der Waals surface area contributed by atoms with Crippen molar-refractivity contribution in [2.45, 2.75) is 0 Å². The fourth-order valence-electron chi connectivity index (χ4n) is 7.63. The number of rotatable bonds is 6. The normalized spacial score (nSPS) is 13.1. The van der Waals surface area contributed by atoms with Crippen LogP contribution in [0.25, 0.3) is 100 Å². The van der Waals surface area contributed by atoms with Crippen LogP contribution in [-0.2, 0) is 0 Å². The van der Waals surface area contributed by atoms with Crippen molar-refractivity contribution in [2.24, 2.45) is 0 Å². The molecular formula is C51H33N5. The van der Waals surface area contributed by atoms with Crippen molar-refractivity contribution in [3.8, 4) is 56.7 Å². The van der Waals surface area contributed by atoms with E-state index in [-0.39, 0.29) is 47.7 Å². The van der Waals surface area contributed by atoms with Crippen molar-refractivity contribution in [3.63, 3.8) is 0 Å². The van der Waals surface area contributed by atoms with Crippen LogP contribution in [0.15, 0.2) is 200 Å². The summed E-state index contributed by atoms with van der Waals surface area (Å²) >= 11 is 0. The van der Waals surface area contributed by atoms with Gasteiger partial charge in [-0.15, -0.1) is 0 Å². The van der Waals surface area contributed by atoms with Crippen LogP contribution in [0, 0.1) is 0 Å². The fraction of sp³-hybridized carbons (Fsp3) is 0. The third-order valence-electron chi connectivity index (χ3n) is 10.2. The predicted molar refractivity (Wildman–Crippen MR) is 230 cm³/mol. The first-order valence-electron chi connectivity index (χ1n) is 21.4. The Hall–Kier alpha value is -7.63. The largest absolute Gasteiger partial charge is 0.309 e. The summed E-state index contributed by atoms with van der Waals surface area (Å²) in [6, 6.07) is 51.9. The van der Waals surface area contributed by atoms with E-state index in [9.17, 15) is 5.48 Å². The van der Waals surface area contributed by atoms with E-state index in [0.29, 0.717) is 55.4 Å². The molecule has 11 rings (SSSR count). The molecule has 0 amide bonds. The van der Waals surface area contributed by atoms with Crippen molar-refractivity contribution in [1.29, 1.82) is 0 Å². The van der Waals surface area contributed by atoms with Crippen LogP contribution < -0.4 is 0 Å². The minimum absolute atomic E-state index is 0.00617. The highest BCUT2D eigenvalue weighted by molar-refractivity contribution is 6.19. The summed E-state index contributed by atoms with van der Waals surface area (Å²) in [5.41, 5.74) is 7.53. The minimum atomic E-state index is 0.00617. The molecule has 0 saturated heterocycles. The lowest BCUT2D eigenvalue weighted by Crippen LogP contribution is -2.06. The zero-order chi connectivity index (χ0) is 42.2. The van der Waals surface area contributed by atoms with Gasteiger partial charge in [0, 0.05) is 38.4 Å². The fourth-order valence-corrected chi connectivity index (χ4v) is 7.63. The van der Waals surface area contributed by atoms with Crippen LogP contribution in [0.4, 0.5) is 0 Å². The van der Waals surface area contributed by atoms with Gasteiger partial charge in [-0.3, -0.25) is 4.57 Å². The third kappa shape index (κ3) is 5.29. The first kappa shape index (κ1) is 26.2. The van der Waals surface area contributed by atoms with Gasteiger partial charge in [0.2, 0.25) is 5.95 Å². The van der Waals surface area contributed by atoms with Crippen LogP contribution >= 0.6 is 0 Å². The van der Waals surface area contributed by atoms with Gasteiger partial charge in [-0.05, 0) is 64.6 Å². The van der Waals surface area contributed by atoms with Crippen LogP contribution in [-0.4, -0.2) is 24.1 Å². The molecule has 8 aromatic carbocycles. The van der Waals surface area contributed by atoms with E-state index >= 15 is 0 Å². The highest BCUT2D eigenvalue weighted by Crippen LogP contribution is 2.40. The Morgan fingerprint density at radius 1 is 0.357 bits per heavy atom. The molecule has 56 heavy (non-hydrogen) atoms.